The van der Waals surface area contributed by atoms with Crippen LogP contribution < -0.4 is 10.6 Å². The monoisotopic (exact) mass is 296 g/mol. The van der Waals surface area contributed by atoms with Gasteiger partial charge >= 0.3 is 0 Å². The summed E-state index contributed by atoms with van der Waals surface area (Å²) in [6.07, 6.45) is 5.22. The highest BCUT2D eigenvalue weighted by molar-refractivity contribution is 9.10. The average Bonchev–Trinajstić information content (AvgIpc) is 2.77. The van der Waals surface area contributed by atoms with Crippen molar-refractivity contribution >= 4 is 27.7 Å². The molecule has 5 nitrogen and oxygen atoms in total. The molecular weight excluding hydrogens is 284 g/mol. The maximum absolute atomic E-state index is 12.0. The van der Waals surface area contributed by atoms with Gasteiger partial charge in [-0.15, -0.1) is 0 Å². The Morgan fingerprint density at radius 3 is 3.06 bits per heavy atom. The van der Waals surface area contributed by atoms with Crippen LogP contribution in [0.5, 0.6) is 0 Å². The first-order chi connectivity index (χ1) is 8.07. The molecular formula is C11H13BrN4O. The Morgan fingerprint density at radius 1 is 1.59 bits per heavy atom. The highest BCUT2D eigenvalue weighted by Gasteiger charge is 2.58. The van der Waals surface area contributed by atoms with Crippen molar-refractivity contribution in [2.24, 2.45) is 5.41 Å². The third kappa shape index (κ3) is 2.07. The number of piperidine rings is 1. The van der Waals surface area contributed by atoms with Crippen molar-refractivity contribution < 1.29 is 4.79 Å². The van der Waals surface area contributed by atoms with Crippen molar-refractivity contribution in [1.82, 2.24) is 15.3 Å². The van der Waals surface area contributed by atoms with Gasteiger partial charge in [0.25, 0.3) is 0 Å². The topological polar surface area (TPSA) is 66.9 Å². The van der Waals surface area contributed by atoms with Crippen molar-refractivity contribution in [3.8, 4) is 0 Å². The Kier molecular flexibility index (Phi) is 2.45. The largest absolute Gasteiger partial charge is 0.308 e. The molecule has 3 unspecified atom stereocenters. The van der Waals surface area contributed by atoms with Gasteiger partial charge in [0.05, 0.1) is 18.4 Å². The fourth-order valence-corrected chi connectivity index (χ4v) is 2.75. The smallest absolute Gasteiger partial charge is 0.242 e. The van der Waals surface area contributed by atoms with Gasteiger partial charge in [0.2, 0.25) is 5.91 Å². The molecule has 2 N–H and O–H groups in total. The number of hydrogen-bond donors (Lipinski definition) is 2. The number of nitrogens with one attached hydrogen (secondary N) is 2. The van der Waals surface area contributed by atoms with Gasteiger partial charge in [-0.3, -0.25) is 9.78 Å². The molecule has 1 aliphatic carbocycles. The number of amides is 1. The lowest BCUT2D eigenvalue weighted by Gasteiger charge is -2.13. The van der Waals surface area contributed by atoms with Gasteiger partial charge in [-0.2, -0.15) is 0 Å². The minimum atomic E-state index is -0.0977. The van der Waals surface area contributed by atoms with E-state index in [1.165, 1.54) is 6.42 Å². The van der Waals surface area contributed by atoms with Crippen molar-refractivity contribution in [2.75, 3.05) is 5.32 Å². The normalized spacial score (nSPS) is 34.2. The molecule has 3 atom stereocenters. The van der Waals surface area contributed by atoms with E-state index in [0.717, 1.165) is 6.42 Å². The Labute approximate surface area is 108 Å². The summed E-state index contributed by atoms with van der Waals surface area (Å²) in [4.78, 5) is 20.1. The number of carbonyl (C=O) groups is 1. The van der Waals surface area contributed by atoms with E-state index in [4.69, 9.17) is 0 Å². The molecule has 2 fully saturated rings. The lowest BCUT2D eigenvalue weighted by molar-refractivity contribution is -0.118. The number of halogens is 1. The van der Waals surface area contributed by atoms with Gasteiger partial charge in [0, 0.05) is 6.04 Å². The van der Waals surface area contributed by atoms with Gasteiger partial charge in [-0.1, -0.05) is 6.92 Å². The van der Waals surface area contributed by atoms with E-state index in [1.807, 2.05) is 0 Å². The van der Waals surface area contributed by atoms with E-state index in [0.29, 0.717) is 21.9 Å². The first-order valence-electron chi connectivity index (χ1n) is 5.61. The minimum Gasteiger partial charge on any atom is -0.308 e. The summed E-state index contributed by atoms with van der Waals surface area (Å²) in [5, 5.41) is 6.11. The van der Waals surface area contributed by atoms with Gasteiger partial charge < -0.3 is 10.6 Å². The summed E-state index contributed by atoms with van der Waals surface area (Å²) >= 11 is 3.22. The molecule has 1 aliphatic heterocycles. The van der Waals surface area contributed by atoms with Crippen molar-refractivity contribution in [1.29, 1.82) is 0 Å². The van der Waals surface area contributed by atoms with Crippen LogP contribution in [0.3, 0.4) is 0 Å². The summed E-state index contributed by atoms with van der Waals surface area (Å²) in [6, 6.07) is 0.423. The summed E-state index contributed by atoms with van der Waals surface area (Å²) < 4.78 is 0.615. The van der Waals surface area contributed by atoms with E-state index in [-0.39, 0.29) is 11.9 Å². The fourth-order valence-electron chi connectivity index (χ4n) is 2.45. The molecule has 6 heteroatoms. The van der Waals surface area contributed by atoms with Crippen LogP contribution in [0.15, 0.2) is 17.0 Å². The molecule has 2 heterocycles. The Hall–Kier alpha value is -1.01. The number of rotatable bonds is 2. The molecule has 0 aromatic carbocycles. The zero-order chi connectivity index (χ0) is 12.0. The maximum Gasteiger partial charge on any atom is 0.242 e. The standard InChI is InChI=1S/C11H13BrN4O/c1-11-2-6(14-7(11)3-11)10(17)16-9-5-13-4-8(12)15-9/h4-7,14H,2-3H2,1H3,(H,15,16,17). The first kappa shape index (κ1) is 11.1. The fraction of sp³-hybridized carbons (Fsp3) is 0.545. The van der Waals surface area contributed by atoms with E-state index >= 15 is 0 Å². The SMILES string of the molecule is CC12CC(C(=O)Nc3cncc(Br)n3)NC1C2. The number of aromatic nitrogens is 2. The van der Waals surface area contributed by atoms with E-state index in [1.54, 1.807) is 12.4 Å². The van der Waals surface area contributed by atoms with E-state index in [2.05, 4.69) is 43.5 Å². The highest BCUT2D eigenvalue weighted by atomic mass is 79.9. The number of hydrogen-bond acceptors (Lipinski definition) is 4. The number of carbonyl (C=O) groups excluding carboxylic acids is 1. The Morgan fingerprint density at radius 2 is 2.41 bits per heavy atom. The molecule has 90 valence electrons. The first-order valence-corrected chi connectivity index (χ1v) is 6.41. The molecule has 1 saturated carbocycles. The lowest BCUT2D eigenvalue weighted by atomic mass is 10.0. The molecule has 1 aromatic rings. The van der Waals surface area contributed by atoms with Crippen LogP contribution in [0.2, 0.25) is 0 Å². The molecule has 0 radical (unpaired) electrons. The van der Waals surface area contributed by atoms with Crippen LogP contribution in [-0.4, -0.2) is 28.0 Å². The highest BCUT2D eigenvalue weighted by Crippen LogP contribution is 2.53. The number of anilines is 1. The molecule has 1 amide bonds. The molecule has 2 aliphatic rings. The van der Waals surface area contributed by atoms with Crippen LogP contribution in [0.1, 0.15) is 19.8 Å². The summed E-state index contributed by atoms with van der Waals surface area (Å²) in [7, 11) is 0. The van der Waals surface area contributed by atoms with Gasteiger partial charge in [0.15, 0.2) is 5.82 Å². The van der Waals surface area contributed by atoms with Crippen LogP contribution in [0.4, 0.5) is 5.82 Å². The van der Waals surface area contributed by atoms with E-state index in [9.17, 15) is 4.79 Å². The molecule has 1 saturated heterocycles. The second-order valence-electron chi connectivity index (χ2n) is 5.05. The summed E-state index contributed by atoms with van der Waals surface area (Å²) in [5.74, 6) is 0.461. The van der Waals surface area contributed by atoms with Crippen molar-refractivity contribution in [3.05, 3.63) is 17.0 Å². The van der Waals surface area contributed by atoms with E-state index < -0.39 is 0 Å². The summed E-state index contributed by atoms with van der Waals surface area (Å²) in [5.41, 5.74) is 0.338. The second kappa shape index (κ2) is 3.74. The van der Waals surface area contributed by atoms with Gasteiger partial charge in [0.1, 0.15) is 4.60 Å². The lowest BCUT2D eigenvalue weighted by Crippen LogP contribution is -2.38. The molecule has 1 aromatic heterocycles. The zero-order valence-electron chi connectivity index (χ0n) is 9.40. The van der Waals surface area contributed by atoms with Crippen LogP contribution in [-0.2, 0) is 4.79 Å². The van der Waals surface area contributed by atoms with Crippen molar-refractivity contribution in [3.63, 3.8) is 0 Å². The minimum absolute atomic E-state index is 0.0224. The third-order valence-corrected chi connectivity index (χ3v) is 3.98. The summed E-state index contributed by atoms with van der Waals surface area (Å²) in [6.45, 7) is 2.22. The zero-order valence-corrected chi connectivity index (χ0v) is 11.0. The molecule has 0 spiro atoms. The quantitative estimate of drug-likeness (QED) is 0.864. The molecule has 3 rings (SSSR count). The van der Waals surface area contributed by atoms with Gasteiger partial charge in [-0.05, 0) is 34.2 Å². The van der Waals surface area contributed by atoms with Crippen LogP contribution in [0.25, 0.3) is 0 Å². The predicted molar refractivity (Wildman–Crippen MR) is 66.4 cm³/mol. The van der Waals surface area contributed by atoms with Gasteiger partial charge in [-0.25, -0.2) is 4.98 Å². The number of fused-ring (bicyclic) bond motifs is 1. The molecule has 0 bridgehead atoms. The average molecular weight is 297 g/mol. The maximum atomic E-state index is 12.0. The third-order valence-electron chi connectivity index (χ3n) is 3.60. The Bertz CT molecular complexity index is 480. The van der Waals surface area contributed by atoms with Crippen LogP contribution >= 0.6 is 15.9 Å². The van der Waals surface area contributed by atoms with Crippen molar-refractivity contribution in [2.45, 2.75) is 31.8 Å². The second-order valence-corrected chi connectivity index (χ2v) is 5.86. The molecule has 17 heavy (non-hydrogen) atoms. The predicted octanol–water partition coefficient (Wildman–Crippen LogP) is 1.32. The number of nitrogens with zero attached hydrogens (tertiary/aromatic N) is 2. The van der Waals surface area contributed by atoms with Crippen LogP contribution in [0, 0.1) is 5.41 Å². The Balaban J connectivity index is 1.64.